The number of nitrogens with one attached hydrogen (secondary N) is 1. The number of halogens is 3. The van der Waals surface area contributed by atoms with Crippen molar-refractivity contribution in [2.45, 2.75) is 32.2 Å². The van der Waals surface area contributed by atoms with Gasteiger partial charge in [-0.05, 0) is 12.5 Å². The number of unbranched alkanes of at least 4 members (excludes halogenated alkanes) is 1. The van der Waals surface area contributed by atoms with Crippen LogP contribution in [0.15, 0.2) is 12.1 Å². The predicted molar refractivity (Wildman–Crippen MR) is 73.0 cm³/mol. The van der Waals surface area contributed by atoms with E-state index in [1.807, 2.05) is 0 Å². The lowest BCUT2D eigenvalue weighted by atomic mass is 9.98. The molecule has 20 heavy (non-hydrogen) atoms. The van der Waals surface area contributed by atoms with Crippen LogP contribution in [0.4, 0.5) is 13.2 Å². The van der Waals surface area contributed by atoms with Crippen molar-refractivity contribution in [3.8, 4) is 0 Å². The number of rotatable bonds is 5. The zero-order chi connectivity index (χ0) is 14.5. The van der Waals surface area contributed by atoms with Crippen LogP contribution in [0.2, 0.25) is 0 Å². The molecule has 2 nitrogen and oxygen atoms in total. The van der Waals surface area contributed by atoms with Gasteiger partial charge in [0.2, 0.25) is 0 Å². The van der Waals surface area contributed by atoms with E-state index in [-0.39, 0.29) is 11.6 Å². The highest BCUT2D eigenvalue weighted by atomic mass is 19.2. The Labute approximate surface area is 118 Å². The zero-order valence-corrected chi connectivity index (χ0v) is 11.8. The average molecular weight is 286 g/mol. The quantitative estimate of drug-likeness (QED) is 0.836. The molecule has 1 aliphatic rings. The molecule has 0 aliphatic carbocycles. The van der Waals surface area contributed by atoms with E-state index in [0.29, 0.717) is 6.07 Å². The highest BCUT2D eigenvalue weighted by Gasteiger charge is 2.25. The SMILES string of the molecule is CCCC[C@@H](c1cc(F)c(F)cc1F)N1CCNCC1. The summed E-state index contributed by atoms with van der Waals surface area (Å²) in [6.45, 7) is 5.35. The van der Waals surface area contributed by atoms with Crippen LogP contribution in [0.25, 0.3) is 0 Å². The van der Waals surface area contributed by atoms with Crippen LogP contribution in [-0.4, -0.2) is 31.1 Å². The highest BCUT2D eigenvalue weighted by Crippen LogP contribution is 2.30. The summed E-state index contributed by atoms with van der Waals surface area (Å²) in [6, 6.07) is 1.51. The van der Waals surface area contributed by atoms with Gasteiger partial charge in [0.15, 0.2) is 11.6 Å². The van der Waals surface area contributed by atoms with E-state index in [2.05, 4.69) is 17.1 Å². The lowest BCUT2D eigenvalue weighted by Crippen LogP contribution is -2.45. The predicted octanol–water partition coefficient (Wildman–Crippen LogP) is 3.24. The Kier molecular flexibility index (Phi) is 5.43. The molecule has 1 saturated heterocycles. The minimum absolute atomic E-state index is 0.174. The number of piperazine rings is 1. The molecular formula is C15H21F3N2. The summed E-state index contributed by atoms with van der Waals surface area (Å²) in [5, 5.41) is 3.24. The van der Waals surface area contributed by atoms with Gasteiger partial charge in [-0.3, -0.25) is 4.90 Å². The molecule has 0 aromatic heterocycles. The van der Waals surface area contributed by atoms with Gasteiger partial charge < -0.3 is 5.32 Å². The molecule has 0 saturated carbocycles. The number of nitrogens with zero attached hydrogens (tertiary/aromatic N) is 1. The minimum Gasteiger partial charge on any atom is -0.314 e. The first-order valence-electron chi connectivity index (χ1n) is 7.22. The molecule has 1 N–H and O–H groups in total. The van der Waals surface area contributed by atoms with Crippen molar-refractivity contribution in [2.75, 3.05) is 26.2 Å². The van der Waals surface area contributed by atoms with E-state index < -0.39 is 17.5 Å². The molecule has 1 aromatic carbocycles. The summed E-state index contributed by atoms with van der Waals surface area (Å²) < 4.78 is 40.5. The Balaban J connectivity index is 2.27. The van der Waals surface area contributed by atoms with Gasteiger partial charge in [0.05, 0.1) is 0 Å². The first-order chi connectivity index (χ1) is 9.63. The van der Waals surface area contributed by atoms with Gasteiger partial charge >= 0.3 is 0 Å². The van der Waals surface area contributed by atoms with Gasteiger partial charge in [0.25, 0.3) is 0 Å². The highest BCUT2D eigenvalue weighted by molar-refractivity contribution is 5.24. The van der Waals surface area contributed by atoms with E-state index in [4.69, 9.17) is 0 Å². The largest absolute Gasteiger partial charge is 0.314 e. The summed E-state index contributed by atoms with van der Waals surface area (Å²) >= 11 is 0. The van der Waals surface area contributed by atoms with Gasteiger partial charge in [-0.25, -0.2) is 13.2 Å². The Bertz CT molecular complexity index is 445. The second-order valence-corrected chi connectivity index (χ2v) is 5.23. The van der Waals surface area contributed by atoms with Gasteiger partial charge in [-0.2, -0.15) is 0 Å². The lowest BCUT2D eigenvalue weighted by molar-refractivity contribution is 0.159. The molecule has 1 aromatic rings. The first-order valence-corrected chi connectivity index (χ1v) is 7.22. The average Bonchev–Trinajstić information content (AvgIpc) is 2.45. The van der Waals surface area contributed by atoms with E-state index >= 15 is 0 Å². The third-order valence-corrected chi connectivity index (χ3v) is 3.82. The standard InChI is InChI=1S/C15H21F3N2/c1-2-3-4-15(20-7-5-19-6-8-20)11-9-13(17)14(18)10-12(11)16/h9-10,15,19H,2-8H2,1H3/t15-/m0/s1. The van der Waals surface area contributed by atoms with E-state index in [9.17, 15) is 13.2 Å². The lowest BCUT2D eigenvalue weighted by Gasteiger charge is -2.35. The Morgan fingerprint density at radius 3 is 2.40 bits per heavy atom. The topological polar surface area (TPSA) is 15.3 Å². The maximum atomic E-state index is 14.0. The fourth-order valence-electron chi connectivity index (χ4n) is 2.72. The van der Waals surface area contributed by atoms with Crippen molar-refractivity contribution in [1.29, 1.82) is 0 Å². The van der Waals surface area contributed by atoms with Crippen LogP contribution < -0.4 is 5.32 Å². The molecule has 0 unspecified atom stereocenters. The maximum absolute atomic E-state index is 14.0. The maximum Gasteiger partial charge on any atom is 0.161 e. The fraction of sp³-hybridized carbons (Fsp3) is 0.600. The first kappa shape index (κ1) is 15.3. The van der Waals surface area contributed by atoms with Gasteiger partial charge in [-0.1, -0.05) is 19.8 Å². The van der Waals surface area contributed by atoms with Crippen molar-refractivity contribution in [3.05, 3.63) is 35.1 Å². The summed E-state index contributed by atoms with van der Waals surface area (Å²) in [4.78, 5) is 2.15. The molecule has 1 heterocycles. The molecule has 0 spiro atoms. The van der Waals surface area contributed by atoms with Crippen molar-refractivity contribution < 1.29 is 13.2 Å². The van der Waals surface area contributed by atoms with Crippen molar-refractivity contribution >= 4 is 0 Å². The Hall–Kier alpha value is -1.07. The molecule has 112 valence electrons. The normalized spacial score (nSPS) is 18.2. The van der Waals surface area contributed by atoms with Gasteiger partial charge in [-0.15, -0.1) is 0 Å². The van der Waals surface area contributed by atoms with Gasteiger partial charge in [0, 0.05) is 43.9 Å². The van der Waals surface area contributed by atoms with Crippen molar-refractivity contribution in [1.82, 2.24) is 10.2 Å². The van der Waals surface area contributed by atoms with Gasteiger partial charge in [0.1, 0.15) is 5.82 Å². The van der Waals surface area contributed by atoms with E-state index in [1.54, 1.807) is 0 Å². The van der Waals surface area contributed by atoms with Crippen LogP contribution >= 0.6 is 0 Å². The molecule has 1 fully saturated rings. The summed E-state index contributed by atoms with van der Waals surface area (Å²) in [6.07, 6.45) is 2.69. The molecular weight excluding hydrogens is 265 g/mol. The van der Waals surface area contributed by atoms with E-state index in [0.717, 1.165) is 51.5 Å². The van der Waals surface area contributed by atoms with Crippen molar-refractivity contribution in [2.24, 2.45) is 0 Å². The molecule has 0 amide bonds. The molecule has 1 aliphatic heterocycles. The fourth-order valence-corrected chi connectivity index (χ4v) is 2.72. The number of hydrogen-bond donors (Lipinski definition) is 1. The second kappa shape index (κ2) is 7.09. The second-order valence-electron chi connectivity index (χ2n) is 5.23. The monoisotopic (exact) mass is 286 g/mol. The van der Waals surface area contributed by atoms with Crippen LogP contribution in [0.1, 0.15) is 37.8 Å². The molecule has 0 radical (unpaired) electrons. The molecule has 1 atom stereocenters. The third kappa shape index (κ3) is 3.52. The molecule has 0 bridgehead atoms. The third-order valence-electron chi connectivity index (χ3n) is 3.82. The molecule has 5 heteroatoms. The van der Waals surface area contributed by atoms with Crippen LogP contribution in [0.5, 0.6) is 0 Å². The van der Waals surface area contributed by atoms with Crippen molar-refractivity contribution in [3.63, 3.8) is 0 Å². The summed E-state index contributed by atoms with van der Waals surface area (Å²) in [7, 11) is 0. The van der Waals surface area contributed by atoms with E-state index in [1.165, 1.54) is 0 Å². The van der Waals surface area contributed by atoms with Crippen LogP contribution in [0.3, 0.4) is 0 Å². The smallest absolute Gasteiger partial charge is 0.161 e. The van der Waals surface area contributed by atoms with Crippen LogP contribution in [-0.2, 0) is 0 Å². The minimum atomic E-state index is -1.12. The summed E-state index contributed by atoms with van der Waals surface area (Å²) in [5.74, 6) is -2.75. The number of hydrogen-bond acceptors (Lipinski definition) is 2. The van der Waals surface area contributed by atoms with Crippen LogP contribution in [0, 0.1) is 17.5 Å². The number of benzene rings is 1. The summed E-state index contributed by atoms with van der Waals surface area (Å²) in [5.41, 5.74) is 0.277. The Morgan fingerprint density at radius 2 is 1.75 bits per heavy atom. The Morgan fingerprint density at radius 1 is 1.10 bits per heavy atom. The molecule has 2 rings (SSSR count). The zero-order valence-electron chi connectivity index (χ0n) is 11.8.